The fraction of sp³-hybridized carbons (Fsp3) is 0.188. The van der Waals surface area contributed by atoms with Gasteiger partial charge in [0.1, 0.15) is 0 Å². The van der Waals surface area contributed by atoms with Gasteiger partial charge in [-0.05, 0) is 30.4 Å². The summed E-state index contributed by atoms with van der Waals surface area (Å²) in [7, 11) is 0. The number of carbonyl (C=O) groups is 1. The van der Waals surface area contributed by atoms with E-state index in [2.05, 4.69) is 46.7 Å². The van der Waals surface area contributed by atoms with Crippen LogP contribution in [0.15, 0.2) is 52.0 Å². The molecule has 0 aliphatic carbocycles. The van der Waals surface area contributed by atoms with Crippen molar-refractivity contribution in [1.82, 2.24) is 5.32 Å². The number of aryl methyl sites for hydroxylation is 1. The summed E-state index contributed by atoms with van der Waals surface area (Å²) in [5.41, 5.74) is 2.37. The molecule has 4 nitrogen and oxygen atoms in total. The maximum absolute atomic E-state index is 12.0. The molecule has 1 fully saturated rings. The molecule has 2 heterocycles. The number of amides is 1. The average Bonchev–Trinajstić information content (AvgIpc) is 3.12. The molecule has 0 spiro atoms. The summed E-state index contributed by atoms with van der Waals surface area (Å²) in [6.45, 7) is 2.05. The zero-order valence-corrected chi connectivity index (χ0v) is 13.7. The van der Waals surface area contributed by atoms with Crippen molar-refractivity contribution in [2.24, 2.45) is 10.2 Å². The molecule has 0 saturated carbocycles. The minimum atomic E-state index is -0.140. The number of nitrogens with one attached hydrogen (secondary N) is 1. The van der Waals surface area contributed by atoms with Crippen molar-refractivity contribution >= 4 is 40.4 Å². The van der Waals surface area contributed by atoms with Gasteiger partial charge in [0.25, 0.3) is 0 Å². The quantitative estimate of drug-likeness (QED) is 0.692. The van der Waals surface area contributed by atoms with Crippen LogP contribution in [0.25, 0.3) is 0 Å². The maximum Gasteiger partial charge on any atom is 0.239 e. The van der Waals surface area contributed by atoms with Crippen molar-refractivity contribution in [3.63, 3.8) is 0 Å². The molecule has 22 heavy (non-hydrogen) atoms. The third-order valence-electron chi connectivity index (χ3n) is 3.19. The first kappa shape index (κ1) is 15.0. The summed E-state index contributed by atoms with van der Waals surface area (Å²) >= 11 is 3.03. The van der Waals surface area contributed by atoms with E-state index in [9.17, 15) is 4.79 Å². The number of hydrogen-bond donors (Lipinski definition) is 1. The SMILES string of the molecule is Cc1ccc(C[C@H]2S/C(=N/N=Cc3cccs3)NC2=O)cc1. The van der Waals surface area contributed by atoms with Gasteiger partial charge in [-0.2, -0.15) is 5.10 Å². The lowest BCUT2D eigenvalue weighted by Gasteiger charge is -2.05. The number of thiophene rings is 1. The Hall–Kier alpha value is -1.92. The van der Waals surface area contributed by atoms with Crippen molar-refractivity contribution < 1.29 is 4.79 Å². The van der Waals surface area contributed by atoms with Crippen molar-refractivity contribution in [3.05, 3.63) is 57.8 Å². The molecule has 1 aromatic heterocycles. The first-order chi connectivity index (χ1) is 10.7. The van der Waals surface area contributed by atoms with Gasteiger partial charge in [0.05, 0.1) is 11.5 Å². The molecule has 1 N–H and O–H groups in total. The van der Waals surface area contributed by atoms with Gasteiger partial charge in [0.15, 0.2) is 5.17 Å². The van der Waals surface area contributed by atoms with Crippen molar-refractivity contribution in [2.45, 2.75) is 18.6 Å². The van der Waals surface area contributed by atoms with Crippen LogP contribution in [0.1, 0.15) is 16.0 Å². The Kier molecular flexibility index (Phi) is 4.70. The number of rotatable bonds is 4. The Morgan fingerprint density at radius 2 is 2.09 bits per heavy atom. The highest BCUT2D eigenvalue weighted by Crippen LogP contribution is 2.23. The Labute approximate surface area is 137 Å². The molecule has 6 heteroatoms. The van der Waals surface area contributed by atoms with Crippen LogP contribution in [-0.4, -0.2) is 22.5 Å². The second-order valence-electron chi connectivity index (χ2n) is 4.95. The van der Waals surface area contributed by atoms with E-state index in [1.165, 1.54) is 17.3 Å². The third kappa shape index (κ3) is 3.84. The highest BCUT2D eigenvalue weighted by atomic mass is 32.2. The molecule has 0 unspecified atom stereocenters. The Morgan fingerprint density at radius 1 is 1.27 bits per heavy atom. The van der Waals surface area contributed by atoms with E-state index in [1.54, 1.807) is 17.6 Å². The maximum atomic E-state index is 12.0. The summed E-state index contributed by atoms with van der Waals surface area (Å²) in [6.07, 6.45) is 2.39. The monoisotopic (exact) mass is 329 g/mol. The lowest BCUT2D eigenvalue weighted by molar-refractivity contribution is -0.118. The van der Waals surface area contributed by atoms with Gasteiger partial charge in [-0.3, -0.25) is 4.79 Å². The normalized spacial score (nSPS) is 20.0. The molecule has 3 rings (SSSR count). The molecular formula is C16H15N3OS2. The summed E-state index contributed by atoms with van der Waals surface area (Å²) < 4.78 is 0. The smallest absolute Gasteiger partial charge is 0.239 e. The van der Waals surface area contributed by atoms with E-state index in [0.29, 0.717) is 11.6 Å². The van der Waals surface area contributed by atoms with E-state index >= 15 is 0 Å². The predicted octanol–water partition coefficient (Wildman–Crippen LogP) is 3.22. The highest BCUT2D eigenvalue weighted by molar-refractivity contribution is 8.15. The number of thioether (sulfide) groups is 1. The Bertz CT molecular complexity index is 706. The number of carbonyl (C=O) groups excluding carboxylic acids is 1. The van der Waals surface area contributed by atoms with Gasteiger partial charge < -0.3 is 5.32 Å². The molecular weight excluding hydrogens is 314 g/mol. The molecule has 1 atom stereocenters. The van der Waals surface area contributed by atoms with Crippen molar-refractivity contribution in [2.75, 3.05) is 0 Å². The van der Waals surface area contributed by atoms with E-state index in [-0.39, 0.29) is 11.2 Å². The minimum absolute atomic E-state index is 0.00403. The van der Waals surface area contributed by atoms with Gasteiger partial charge in [0, 0.05) is 4.88 Å². The molecule has 1 aliphatic heterocycles. The lowest BCUT2D eigenvalue weighted by Crippen LogP contribution is -2.25. The van der Waals surface area contributed by atoms with Crippen LogP contribution >= 0.6 is 23.1 Å². The van der Waals surface area contributed by atoms with Gasteiger partial charge >= 0.3 is 0 Å². The average molecular weight is 329 g/mol. The molecule has 2 aromatic rings. The molecule has 1 aliphatic rings. The molecule has 112 valence electrons. The minimum Gasteiger partial charge on any atom is -0.303 e. The van der Waals surface area contributed by atoms with Gasteiger partial charge in [-0.25, -0.2) is 0 Å². The Balaban J connectivity index is 1.61. The van der Waals surface area contributed by atoms with Crippen LogP contribution in [0.2, 0.25) is 0 Å². The molecule has 1 aromatic carbocycles. The highest BCUT2D eigenvalue weighted by Gasteiger charge is 2.30. The van der Waals surface area contributed by atoms with E-state index < -0.39 is 0 Å². The van der Waals surface area contributed by atoms with Crippen LogP contribution in [0.3, 0.4) is 0 Å². The van der Waals surface area contributed by atoms with Crippen molar-refractivity contribution in [1.29, 1.82) is 0 Å². The molecule has 0 bridgehead atoms. The lowest BCUT2D eigenvalue weighted by atomic mass is 10.1. The van der Waals surface area contributed by atoms with E-state index in [4.69, 9.17) is 0 Å². The molecule has 0 radical (unpaired) electrons. The number of hydrogen-bond acceptors (Lipinski definition) is 5. The van der Waals surface area contributed by atoms with Crippen molar-refractivity contribution in [3.8, 4) is 0 Å². The van der Waals surface area contributed by atoms with Crippen LogP contribution in [0, 0.1) is 6.92 Å². The first-order valence-electron chi connectivity index (χ1n) is 6.88. The number of benzene rings is 1. The second-order valence-corrected chi connectivity index (χ2v) is 7.12. The first-order valence-corrected chi connectivity index (χ1v) is 8.64. The summed E-state index contributed by atoms with van der Waals surface area (Å²) in [5, 5.41) is 13.3. The van der Waals surface area contributed by atoms with Gasteiger partial charge in [0.2, 0.25) is 5.91 Å². The standard InChI is InChI=1S/C16H15N3OS2/c1-11-4-6-12(7-5-11)9-14-15(20)18-16(22-14)19-17-10-13-3-2-8-21-13/h2-8,10,14H,9H2,1H3,(H,18,19,20)/t14-/m1/s1. The largest absolute Gasteiger partial charge is 0.303 e. The van der Waals surface area contributed by atoms with Crippen LogP contribution in [0.5, 0.6) is 0 Å². The van der Waals surface area contributed by atoms with Gasteiger partial charge in [-0.15, -0.1) is 16.4 Å². The second kappa shape index (κ2) is 6.89. The van der Waals surface area contributed by atoms with Crippen LogP contribution in [0.4, 0.5) is 0 Å². The third-order valence-corrected chi connectivity index (χ3v) is 5.07. The molecule has 1 saturated heterocycles. The zero-order chi connectivity index (χ0) is 15.4. The van der Waals surface area contributed by atoms with Gasteiger partial charge in [-0.1, -0.05) is 47.7 Å². The van der Waals surface area contributed by atoms with E-state index in [1.807, 2.05) is 17.5 Å². The van der Waals surface area contributed by atoms with Crippen LogP contribution in [-0.2, 0) is 11.2 Å². The Morgan fingerprint density at radius 3 is 2.82 bits per heavy atom. The van der Waals surface area contributed by atoms with E-state index in [0.717, 1.165) is 10.4 Å². The fourth-order valence-electron chi connectivity index (χ4n) is 2.03. The molecule has 1 amide bonds. The zero-order valence-electron chi connectivity index (χ0n) is 12.0. The summed E-state index contributed by atoms with van der Waals surface area (Å²) in [4.78, 5) is 13.0. The summed E-state index contributed by atoms with van der Waals surface area (Å²) in [5.74, 6) is -0.00403. The topological polar surface area (TPSA) is 53.8 Å². The van der Waals surface area contributed by atoms with Crippen LogP contribution < -0.4 is 5.32 Å². The number of nitrogens with zero attached hydrogens (tertiary/aromatic N) is 2. The number of amidine groups is 1. The summed E-state index contributed by atoms with van der Waals surface area (Å²) in [6, 6.07) is 12.2. The predicted molar refractivity (Wildman–Crippen MR) is 93.8 cm³/mol. The fourth-order valence-corrected chi connectivity index (χ4v) is 3.57.